The zero-order valence-electron chi connectivity index (χ0n) is 13.0. The van der Waals surface area contributed by atoms with Crippen molar-refractivity contribution in [3.8, 4) is 0 Å². The van der Waals surface area contributed by atoms with Crippen molar-refractivity contribution in [3.63, 3.8) is 0 Å². The fourth-order valence-electron chi connectivity index (χ4n) is 2.00. The van der Waals surface area contributed by atoms with Gasteiger partial charge in [-0.1, -0.05) is 0 Å². The summed E-state index contributed by atoms with van der Waals surface area (Å²) in [7, 11) is 0. The minimum Gasteiger partial charge on any atom is -0.481 e. The van der Waals surface area contributed by atoms with Gasteiger partial charge in [0.05, 0.1) is 6.42 Å². The third kappa shape index (κ3) is 5.06. The molecule has 0 fully saturated rings. The van der Waals surface area contributed by atoms with Crippen molar-refractivity contribution >= 4 is 23.5 Å². The van der Waals surface area contributed by atoms with Crippen LogP contribution in [0.25, 0.3) is 0 Å². The van der Waals surface area contributed by atoms with Gasteiger partial charge in [0.2, 0.25) is 5.95 Å². The van der Waals surface area contributed by atoms with E-state index in [1.165, 1.54) is 0 Å². The summed E-state index contributed by atoms with van der Waals surface area (Å²) >= 11 is 0. The smallest absolute Gasteiger partial charge is 0.305 e. The Morgan fingerprint density at radius 3 is 2.26 bits per heavy atom. The number of amides is 1. The Balaban J connectivity index is 1.98. The number of anilines is 2. The van der Waals surface area contributed by atoms with Crippen LogP contribution < -0.4 is 10.6 Å². The summed E-state index contributed by atoms with van der Waals surface area (Å²) in [6.07, 6.45) is -0.102. The summed E-state index contributed by atoms with van der Waals surface area (Å²) < 4.78 is 0. The number of carbonyl (C=O) groups is 2. The Morgan fingerprint density at radius 1 is 1.09 bits per heavy atom. The lowest BCUT2D eigenvalue weighted by atomic mass is 10.2. The standard InChI is InChI=1S/C16H18N4O3/c1-10-9-11(2)19-16(18-10)20-13-5-3-12(4-6-13)15(23)17-8-7-14(21)22/h3-6,9H,7-8H2,1-2H3,(H,17,23)(H,21,22)(H,18,19,20). The van der Waals surface area contributed by atoms with E-state index in [0.717, 1.165) is 17.1 Å². The zero-order chi connectivity index (χ0) is 16.8. The average Bonchev–Trinajstić information content (AvgIpc) is 2.46. The number of carboxylic acids is 1. The van der Waals surface area contributed by atoms with Crippen molar-refractivity contribution < 1.29 is 14.7 Å². The molecule has 2 rings (SSSR count). The minimum atomic E-state index is -0.946. The van der Waals surface area contributed by atoms with E-state index in [-0.39, 0.29) is 18.9 Å². The Morgan fingerprint density at radius 2 is 1.70 bits per heavy atom. The minimum absolute atomic E-state index is 0.102. The molecule has 1 aromatic carbocycles. The average molecular weight is 314 g/mol. The maximum Gasteiger partial charge on any atom is 0.305 e. The molecule has 2 aromatic rings. The number of aromatic nitrogens is 2. The molecule has 0 aliphatic heterocycles. The predicted octanol–water partition coefficient (Wildman–Crippen LogP) is 2.04. The van der Waals surface area contributed by atoms with Gasteiger partial charge in [0, 0.05) is 29.2 Å². The third-order valence-corrected chi connectivity index (χ3v) is 3.01. The summed E-state index contributed by atoms with van der Waals surface area (Å²) in [5, 5.41) is 14.2. The highest BCUT2D eigenvalue weighted by atomic mass is 16.4. The lowest BCUT2D eigenvalue weighted by Crippen LogP contribution is -2.25. The molecular weight excluding hydrogens is 296 g/mol. The second-order valence-electron chi connectivity index (χ2n) is 5.08. The van der Waals surface area contributed by atoms with Gasteiger partial charge in [0.15, 0.2) is 0 Å². The van der Waals surface area contributed by atoms with Crippen molar-refractivity contribution in [1.29, 1.82) is 0 Å². The summed E-state index contributed by atoms with van der Waals surface area (Å²) in [6.45, 7) is 3.89. The molecule has 1 aromatic heterocycles. The summed E-state index contributed by atoms with van der Waals surface area (Å²) in [6, 6.07) is 8.68. The van der Waals surface area contributed by atoms with Gasteiger partial charge >= 0.3 is 5.97 Å². The van der Waals surface area contributed by atoms with Crippen molar-refractivity contribution in [2.45, 2.75) is 20.3 Å². The topological polar surface area (TPSA) is 104 Å². The molecule has 0 radical (unpaired) electrons. The Kier molecular flexibility index (Phi) is 5.24. The van der Waals surface area contributed by atoms with E-state index < -0.39 is 5.97 Å². The van der Waals surface area contributed by atoms with E-state index in [9.17, 15) is 9.59 Å². The Bertz CT molecular complexity index is 694. The van der Waals surface area contributed by atoms with Gasteiger partial charge in [-0.05, 0) is 44.2 Å². The van der Waals surface area contributed by atoms with Crippen molar-refractivity contribution in [2.24, 2.45) is 0 Å². The van der Waals surface area contributed by atoms with Crippen LogP contribution in [0.5, 0.6) is 0 Å². The molecule has 0 spiro atoms. The van der Waals surface area contributed by atoms with Crippen LogP contribution in [-0.2, 0) is 4.79 Å². The fraction of sp³-hybridized carbons (Fsp3) is 0.250. The maximum atomic E-state index is 11.8. The molecule has 0 aliphatic rings. The van der Waals surface area contributed by atoms with Gasteiger partial charge in [0.1, 0.15) is 0 Å². The van der Waals surface area contributed by atoms with Crippen LogP contribution in [0.15, 0.2) is 30.3 Å². The van der Waals surface area contributed by atoms with Crippen LogP contribution >= 0.6 is 0 Å². The quantitative estimate of drug-likeness (QED) is 0.754. The molecule has 3 N–H and O–H groups in total. The maximum absolute atomic E-state index is 11.8. The molecule has 0 saturated carbocycles. The Labute approximate surface area is 133 Å². The van der Waals surface area contributed by atoms with Crippen molar-refractivity contribution in [1.82, 2.24) is 15.3 Å². The molecule has 0 saturated heterocycles. The first-order chi connectivity index (χ1) is 10.9. The van der Waals surface area contributed by atoms with Crippen LogP contribution in [0, 0.1) is 13.8 Å². The second-order valence-corrected chi connectivity index (χ2v) is 5.08. The molecule has 7 heteroatoms. The van der Waals surface area contributed by atoms with Gasteiger partial charge in [0.25, 0.3) is 5.91 Å². The van der Waals surface area contributed by atoms with E-state index in [1.807, 2.05) is 19.9 Å². The first-order valence-corrected chi connectivity index (χ1v) is 7.13. The van der Waals surface area contributed by atoms with E-state index in [0.29, 0.717) is 11.5 Å². The number of aryl methyl sites for hydroxylation is 2. The predicted molar refractivity (Wildman–Crippen MR) is 85.8 cm³/mol. The molecule has 7 nitrogen and oxygen atoms in total. The number of carbonyl (C=O) groups excluding carboxylic acids is 1. The van der Waals surface area contributed by atoms with Gasteiger partial charge in [-0.3, -0.25) is 9.59 Å². The molecule has 23 heavy (non-hydrogen) atoms. The summed E-state index contributed by atoms with van der Waals surface area (Å²) in [5.74, 6) is -0.750. The normalized spacial score (nSPS) is 10.2. The fourth-order valence-corrected chi connectivity index (χ4v) is 2.00. The SMILES string of the molecule is Cc1cc(C)nc(Nc2ccc(C(=O)NCCC(=O)O)cc2)n1. The van der Waals surface area contributed by atoms with Crippen molar-refractivity contribution in [2.75, 3.05) is 11.9 Å². The molecule has 120 valence electrons. The molecule has 0 aliphatic carbocycles. The zero-order valence-corrected chi connectivity index (χ0v) is 13.0. The van der Waals surface area contributed by atoms with Gasteiger partial charge < -0.3 is 15.7 Å². The lowest BCUT2D eigenvalue weighted by molar-refractivity contribution is -0.136. The molecule has 0 bridgehead atoms. The first-order valence-electron chi connectivity index (χ1n) is 7.13. The Hall–Kier alpha value is -2.96. The van der Waals surface area contributed by atoms with Crippen LogP contribution in [-0.4, -0.2) is 33.5 Å². The number of aliphatic carboxylic acids is 1. The number of nitrogens with zero attached hydrogens (tertiary/aromatic N) is 2. The highest BCUT2D eigenvalue weighted by Gasteiger charge is 2.06. The second kappa shape index (κ2) is 7.35. The molecule has 0 atom stereocenters. The number of hydrogen-bond acceptors (Lipinski definition) is 5. The number of hydrogen-bond donors (Lipinski definition) is 3. The number of rotatable bonds is 6. The molecular formula is C16H18N4O3. The van der Waals surface area contributed by atoms with Crippen molar-refractivity contribution in [3.05, 3.63) is 47.3 Å². The first kappa shape index (κ1) is 16.4. The summed E-state index contributed by atoms with van der Waals surface area (Å²) in [4.78, 5) is 30.8. The number of nitrogens with one attached hydrogen (secondary N) is 2. The van der Waals surface area contributed by atoms with E-state index in [2.05, 4.69) is 20.6 Å². The van der Waals surface area contributed by atoms with Gasteiger partial charge in [-0.15, -0.1) is 0 Å². The van der Waals surface area contributed by atoms with E-state index >= 15 is 0 Å². The summed E-state index contributed by atoms with van der Waals surface area (Å²) in [5.41, 5.74) is 2.96. The molecule has 1 heterocycles. The van der Waals surface area contributed by atoms with Crippen LogP contribution in [0.2, 0.25) is 0 Å². The van der Waals surface area contributed by atoms with Gasteiger partial charge in [-0.25, -0.2) is 9.97 Å². The van der Waals surface area contributed by atoms with Crippen LogP contribution in [0.4, 0.5) is 11.6 Å². The molecule has 1 amide bonds. The molecule has 0 unspecified atom stereocenters. The largest absolute Gasteiger partial charge is 0.481 e. The van der Waals surface area contributed by atoms with Crippen LogP contribution in [0.3, 0.4) is 0 Å². The number of benzene rings is 1. The third-order valence-electron chi connectivity index (χ3n) is 3.01. The van der Waals surface area contributed by atoms with Gasteiger partial charge in [-0.2, -0.15) is 0 Å². The van der Waals surface area contributed by atoms with E-state index in [1.54, 1.807) is 24.3 Å². The van der Waals surface area contributed by atoms with E-state index in [4.69, 9.17) is 5.11 Å². The monoisotopic (exact) mass is 314 g/mol. The lowest BCUT2D eigenvalue weighted by Gasteiger charge is -2.08. The van der Waals surface area contributed by atoms with Crippen LogP contribution in [0.1, 0.15) is 28.2 Å². The highest BCUT2D eigenvalue weighted by molar-refractivity contribution is 5.94. The number of carboxylic acid groups (broad SMARTS) is 1. The highest BCUT2D eigenvalue weighted by Crippen LogP contribution is 2.14.